The molecule has 0 unspecified atom stereocenters. The first-order valence-corrected chi connectivity index (χ1v) is 6.36. The molecular formula is C10H11N3S2. The Labute approximate surface area is 96.8 Å². The van der Waals surface area contributed by atoms with Gasteiger partial charge in [0.1, 0.15) is 0 Å². The van der Waals surface area contributed by atoms with Gasteiger partial charge in [0.15, 0.2) is 0 Å². The van der Waals surface area contributed by atoms with Crippen LogP contribution in [0, 0.1) is 6.92 Å². The van der Waals surface area contributed by atoms with E-state index >= 15 is 0 Å². The van der Waals surface area contributed by atoms with Gasteiger partial charge in [-0.3, -0.25) is 0 Å². The van der Waals surface area contributed by atoms with Crippen molar-refractivity contribution in [2.75, 3.05) is 5.73 Å². The number of hydrogen-bond donors (Lipinski definition) is 1. The van der Waals surface area contributed by atoms with Crippen LogP contribution in [0.15, 0.2) is 28.7 Å². The highest BCUT2D eigenvalue weighted by Gasteiger charge is 2.00. The van der Waals surface area contributed by atoms with Crippen LogP contribution in [0.5, 0.6) is 0 Å². The van der Waals surface area contributed by atoms with Crippen molar-refractivity contribution in [3.8, 4) is 0 Å². The number of nitrogens with two attached hydrogens (primary N) is 1. The molecule has 0 radical (unpaired) electrons. The molecular weight excluding hydrogens is 226 g/mol. The predicted molar refractivity (Wildman–Crippen MR) is 65.1 cm³/mol. The highest BCUT2D eigenvalue weighted by atomic mass is 32.2. The first kappa shape index (κ1) is 10.4. The number of pyridine rings is 1. The van der Waals surface area contributed by atoms with Crippen molar-refractivity contribution in [2.24, 2.45) is 0 Å². The van der Waals surface area contributed by atoms with Gasteiger partial charge in [-0.25, -0.2) is 9.97 Å². The maximum Gasteiger partial charge on any atom is 0.0965 e. The highest BCUT2D eigenvalue weighted by Crippen LogP contribution is 2.21. The Kier molecular flexibility index (Phi) is 3.23. The Morgan fingerprint density at radius 1 is 1.47 bits per heavy atom. The van der Waals surface area contributed by atoms with Crippen molar-refractivity contribution in [1.82, 2.24) is 9.97 Å². The number of aromatic nitrogens is 2. The number of nitrogen functional groups attached to an aromatic ring is 1. The zero-order chi connectivity index (χ0) is 10.7. The summed E-state index contributed by atoms with van der Waals surface area (Å²) < 4.78 is 0. The van der Waals surface area contributed by atoms with Crippen molar-refractivity contribution in [3.63, 3.8) is 0 Å². The molecule has 3 nitrogen and oxygen atoms in total. The van der Waals surface area contributed by atoms with Crippen LogP contribution < -0.4 is 5.73 Å². The first-order valence-electron chi connectivity index (χ1n) is 4.49. The number of nitrogens with zero attached hydrogens (tertiary/aromatic N) is 2. The smallest absolute Gasteiger partial charge is 0.0965 e. The number of anilines is 1. The van der Waals surface area contributed by atoms with Crippen molar-refractivity contribution in [3.05, 3.63) is 34.4 Å². The molecule has 0 amide bonds. The SMILES string of the molecule is Cc1nc(CSc2ccc(N)cn2)cs1. The van der Waals surface area contributed by atoms with E-state index in [1.54, 1.807) is 29.3 Å². The zero-order valence-corrected chi connectivity index (χ0v) is 9.94. The summed E-state index contributed by atoms with van der Waals surface area (Å²) in [4.78, 5) is 8.60. The summed E-state index contributed by atoms with van der Waals surface area (Å²) in [5, 5.41) is 4.17. The van der Waals surface area contributed by atoms with Gasteiger partial charge in [-0.2, -0.15) is 0 Å². The highest BCUT2D eigenvalue weighted by molar-refractivity contribution is 7.98. The Hall–Kier alpha value is -1.07. The molecule has 2 aromatic heterocycles. The van der Waals surface area contributed by atoms with Crippen LogP contribution in [0.25, 0.3) is 0 Å². The summed E-state index contributed by atoms with van der Waals surface area (Å²) in [5.74, 6) is 0.862. The second-order valence-corrected chi connectivity index (χ2v) is 5.13. The summed E-state index contributed by atoms with van der Waals surface area (Å²) in [5.41, 5.74) is 7.37. The minimum absolute atomic E-state index is 0.698. The molecule has 2 heterocycles. The van der Waals surface area contributed by atoms with Gasteiger partial charge in [-0.15, -0.1) is 23.1 Å². The molecule has 0 saturated carbocycles. The monoisotopic (exact) mass is 237 g/mol. The van der Waals surface area contributed by atoms with E-state index in [0.717, 1.165) is 21.5 Å². The largest absolute Gasteiger partial charge is 0.397 e. The maximum atomic E-state index is 5.55. The minimum Gasteiger partial charge on any atom is -0.397 e. The van der Waals surface area contributed by atoms with Gasteiger partial charge in [0, 0.05) is 11.1 Å². The van der Waals surface area contributed by atoms with Gasteiger partial charge < -0.3 is 5.73 Å². The quantitative estimate of drug-likeness (QED) is 0.834. The van der Waals surface area contributed by atoms with E-state index in [4.69, 9.17) is 5.73 Å². The molecule has 2 N–H and O–H groups in total. The lowest BCUT2D eigenvalue weighted by Crippen LogP contribution is -1.87. The third-order valence-electron chi connectivity index (χ3n) is 1.79. The van der Waals surface area contributed by atoms with E-state index in [1.807, 2.05) is 19.1 Å². The number of thiazole rings is 1. The zero-order valence-electron chi connectivity index (χ0n) is 8.30. The summed E-state index contributed by atoms with van der Waals surface area (Å²) in [7, 11) is 0. The lowest BCUT2D eigenvalue weighted by Gasteiger charge is -1.98. The molecule has 0 fully saturated rings. The molecule has 0 spiro atoms. The molecule has 0 aliphatic carbocycles. The normalized spacial score (nSPS) is 10.5. The second kappa shape index (κ2) is 4.63. The molecule has 0 aliphatic rings. The van der Waals surface area contributed by atoms with Gasteiger partial charge in [-0.1, -0.05) is 0 Å². The molecule has 0 saturated heterocycles. The summed E-state index contributed by atoms with van der Waals surface area (Å²) in [6, 6.07) is 3.79. The summed E-state index contributed by atoms with van der Waals surface area (Å²) >= 11 is 3.35. The molecule has 0 aromatic carbocycles. The molecule has 2 rings (SSSR count). The van der Waals surface area contributed by atoms with E-state index in [1.165, 1.54) is 0 Å². The fourth-order valence-electron chi connectivity index (χ4n) is 1.10. The van der Waals surface area contributed by atoms with Crippen LogP contribution in [0.1, 0.15) is 10.7 Å². The topological polar surface area (TPSA) is 51.8 Å². The predicted octanol–water partition coefficient (Wildman–Crippen LogP) is 2.72. The lowest BCUT2D eigenvalue weighted by atomic mass is 10.4. The Morgan fingerprint density at radius 3 is 2.93 bits per heavy atom. The van der Waals surface area contributed by atoms with E-state index in [9.17, 15) is 0 Å². The average molecular weight is 237 g/mol. The Bertz CT molecular complexity index is 436. The Morgan fingerprint density at radius 2 is 2.33 bits per heavy atom. The maximum absolute atomic E-state index is 5.55. The molecule has 15 heavy (non-hydrogen) atoms. The second-order valence-electron chi connectivity index (χ2n) is 3.08. The summed E-state index contributed by atoms with van der Waals surface area (Å²) in [6.07, 6.45) is 1.68. The summed E-state index contributed by atoms with van der Waals surface area (Å²) in [6.45, 7) is 2.01. The van der Waals surface area contributed by atoms with Crippen LogP contribution in [0.2, 0.25) is 0 Å². The van der Waals surface area contributed by atoms with E-state index in [2.05, 4.69) is 15.3 Å². The van der Waals surface area contributed by atoms with Gasteiger partial charge in [0.05, 0.1) is 27.6 Å². The van der Waals surface area contributed by atoms with Crippen molar-refractivity contribution < 1.29 is 0 Å². The fraction of sp³-hybridized carbons (Fsp3) is 0.200. The molecule has 5 heteroatoms. The standard InChI is InChI=1S/C10H11N3S2/c1-7-13-9(5-14-7)6-15-10-3-2-8(11)4-12-10/h2-5H,6,11H2,1H3. The molecule has 0 bridgehead atoms. The van der Waals surface area contributed by atoms with Crippen molar-refractivity contribution in [2.45, 2.75) is 17.7 Å². The van der Waals surface area contributed by atoms with Crippen molar-refractivity contribution in [1.29, 1.82) is 0 Å². The van der Waals surface area contributed by atoms with E-state index in [0.29, 0.717) is 5.69 Å². The van der Waals surface area contributed by atoms with Gasteiger partial charge in [0.2, 0.25) is 0 Å². The number of hydrogen-bond acceptors (Lipinski definition) is 5. The third-order valence-corrected chi connectivity index (χ3v) is 3.59. The number of rotatable bonds is 3. The van der Waals surface area contributed by atoms with Crippen LogP contribution in [0.4, 0.5) is 5.69 Å². The Balaban J connectivity index is 1.96. The fourth-order valence-corrected chi connectivity index (χ4v) is 2.55. The van der Waals surface area contributed by atoms with Crippen LogP contribution in [0.3, 0.4) is 0 Å². The van der Waals surface area contributed by atoms with Crippen LogP contribution >= 0.6 is 23.1 Å². The molecule has 2 aromatic rings. The molecule has 0 aliphatic heterocycles. The average Bonchev–Trinajstić information content (AvgIpc) is 2.64. The first-order chi connectivity index (χ1) is 7.24. The van der Waals surface area contributed by atoms with Crippen LogP contribution in [-0.2, 0) is 5.75 Å². The molecule has 0 atom stereocenters. The van der Waals surface area contributed by atoms with E-state index < -0.39 is 0 Å². The van der Waals surface area contributed by atoms with Crippen LogP contribution in [-0.4, -0.2) is 9.97 Å². The van der Waals surface area contributed by atoms with Crippen molar-refractivity contribution >= 4 is 28.8 Å². The van der Waals surface area contributed by atoms with Gasteiger partial charge in [0.25, 0.3) is 0 Å². The number of thioether (sulfide) groups is 1. The third kappa shape index (κ3) is 2.94. The van der Waals surface area contributed by atoms with Gasteiger partial charge >= 0.3 is 0 Å². The number of aryl methyl sites for hydroxylation is 1. The minimum atomic E-state index is 0.698. The van der Waals surface area contributed by atoms with E-state index in [-0.39, 0.29) is 0 Å². The molecule has 78 valence electrons. The lowest BCUT2D eigenvalue weighted by molar-refractivity contribution is 1.12. The van der Waals surface area contributed by atoms with Gasteiger partial charge in [-0.05, 0) is 19.1 Å².